The smallest absolute Gasteiger partial charge is 0.338 e. The van der Waals surface area contributed by atoms with Gasteiger partial charge < -0.3 is 15.2 Å². The van der Waals surface area contributed by atoms with E-state index >= 15 is 0 Å². The zero-order valence-electron chi connectivity index (χ0n) is 20.4. The molecule has 0 saturated carbocycles. The van der Waals surface area contributed by atoms with Gasteiger partial charge in [-0.2, -0.15) is 0 Å². The first kappa shape index (κ1) is 26.2. The maximum atomic E-state index is 12.9. The highest BCUT2D eigenvalue weighted by Crippen LogP contribution is 2.24. The van der Waals surface area contributed by atoms with Gasteiger partial charge in [0.25, 0.3) is 0 Å². The number of hydrogen-bond acceptors (Lipinski definition) is 5. The molecule has 2 atom stereocenters. The Hall–Kier alpha value is -3.44. The Morgan fingerprint density at radius 2 is 1.46 bits per heavy atom. The third kappa shape index (κ3) is 8.08. The van der Waals surface area contributed by atoms with Crippen LogP contribution in [0.5, 0.6) is 0 Å². The van der Waals surface area contributed by atoms with Crippen LogP contribution in [0.3, 0.4) is 0 Å². The standard InChI is InChI=1S/C30H35NO4/c1-2-3-22-34-30(33)27(20-21-31)28(35-29(32)26-12-8-5-9-13-26)19-16-23-14-17-25(18-15-23)24-10-6-4-7-11-24/h4-15,17-18,27-28H,2-3,16,19-22,31H2,1H3. The fraction of sp³-hybridized carbons (Fsp3) is 0.333. The number of nitrogens with two attached hydrogens (primary N) is 1. The summed E-state index contributed by atoms with van der Waals surface area (Å²) in [7, 11) is 0. The molecule has 5 heteroatoms. The maximum Gasteiger partial charge on any atom is 0.338 e. The quantitative estimate of drug-likeness (QED) is 0.250. The predicted molar refractivity (Wildman–Crippen MR) is 139 cm³/mol. The van der Waals surface area contributed by atoms with Crippen molar-refractivity contribution >= 4 is 11.9 Å². The molecule has 2 unspecified atom stereocenters. The molecular weight excluding hydrogens is 438 g/mol. The van der Waals surface area contributed by atoms with Gasteiger partial charge in [0.1, 0.15) is 6.10 Å². The van der Waals surface area contributed by atoms with Crippen molar-refractivity contribution in [3.8, 4) is 11.1 Å². The van der Waals surface area contributed by atoms with Crippen molar-refractivity contribution in [3.63, 3.8) is 0 Å². The molecule has 0 spiro atoms. The number of ether oxygens (including phenoxy) is 2. The molecule has 3 aromatic rings. The molecule has 0 aliphatic carbocycles. The van der Waals surface area contributed by atoms with Crippen LogP contribution in [0.25, 0.3) is 11.1 Å². The fourth-order valence-corrected chi connectivity index (χ4v) is 3.98. The summed E-state index contributed by atoms with van der Waals surface area (Å²) in [5.74, 6) is -1.40. The molecule has 3 aromatic carbocycles. The lowest BCUT2D eigenvalue weighted by molar-refractivity contribution is -0.153. The molecule has 0 saturated heterocycles. The number of esters is 2. The highest BCUT2D eigenvalue weighted by atomic mass is 16.6. The van der Waals surface area contributed by atoms with Crippen molar-refractivity contribution in [1.82, 2.24) is 0 Å². The largest absolute Gasteiger partial charge is 0.465 e. The third-order valence-electron chi connectivity index (χ3n) is 6.02. The van der Waals surface area contributed by atoms with Gasteiger partial charge in [-0.15, -0.1) is 0 Å². The van der Waals surface area contributed by atoms with E-state index in [4.69, 9.17) is 15.2 Å². The monoisotopic (exact) mass is 473 g/mol. The van der Waals surface area contributed by atoms with Gasteiger partial charge in [-0.25, -0.2) is 4.79 Å². The lowest BCUT2D eigenvalue weighted by Gasteiger charge is -2.26. The molecule has 3 rings (SSSR count). The van der Waals surface area contributed by atoms with E-state index in [-0.39, 0.29) is 5.97 Å². The zero-order chi connectivity index (χ0) is 24.9. The van der Waals surface area contributed by atoms with Gasteiger partial charge in [0.15, 0.2) is 0 Å². The molecule has 0 heterocycles. The molecule has 0 aliphatic heterocycles. The lowest BCUT2D eigenvalue weighted by Crippen LogP contribution is -2.36. The third-order valence-corrected chi connectivity index (χ3v) is 6.02. The SMILES string of the molecule is CCCCOC(=O)C(CCN)C(CCc1ccc(-c2ccccc2)cc1)OC(=O)c1ccccc1. The van der Waals surface area contributed by atoms with E-state index in [9.17, 15) is 9.59 Å². The van der Waals surface area contributed by atoms with Crippen LogP contribution in [-0.2, 0) is 20.7 Å². The number of carbonyl (C=O) groups is 2. The number of carbonyl (C=O) groups excluding carboxylic acids is 2. The van der Waals surface area contributed by atoms with Crippen LogP contribution >= 0.6 is 0 Å². The molecule has 5 nitrogen and oxygen atoms in total. The number of aryl methyl sites for hydroxylation is 1. The van der Waals surface area contributed by atoms with Crippen molar-refractivity contribution in [1.29, 1.82) is 0 Å². The van der Waals surface area contributed by atoms with Crippen LogP contribution in [-0.4, -0.2) is 31.2 Å². The Morgan fingerprint density at radius 1 is 0.829 bits per heavy atom. The minimum absolute atomic E-state index is 0.304. The maximum absolute atomic E-state index is 12.9. The van der Waals surface area contributed by atoms with Gasteiger partial charge in [0, 0.05) is 0 Å². The average Bonchev–Trinajstić information content (AvgIpc) is 2.91. The second-order valence-electron chi connectivity index (χ2n) is 8.62. The minimum Gasteiger partial charge on any atom is -0.465 e. The number of benzene rings is 3. The fourth-order valence-electron chi connectivity index (χ4n) is 3.98. The van der Waals surface area contributed by atoms with Gasteiger partial charge in [-0.05, 0) is 61.1 Å². The topological polar surface area (TPSA) is 78.6 Å². The Morgan fingerprint density at radius 3 is 2.09 bits per heavy atom. The van der Waals surface area contributed by atoms with Crippen LogP contribution in [0.15, 0.2) is 84.9 Å². The van der Waals surface area contributed by atoms with E-state index in [1.165, 1.54) is 0 Å². The van der Waals surface area contributed by atoms with Crippen molar-refractivity contribution in [3.05, 3.63) is 96.1 Å². The van der Waals surface area contributed by atoms with Crippen molar-refractivity contribution in [2.75, 3.05) is 13.2 Å². The molecule has 0 radical (unpaired) electrons. The van der Waals surface area contributed by atoms with Crippen LogP contribution < -0.4 is 5.73 Å². The first-order valence-corrected chi connectivity index (χ1v) is 12.4. The lowest BCUT2D eigenvalue weighted by atomic mass is 9.92. The molecule has 0 amide bonds. The molecule has 0 aromatic heterocycles. The first-order valence-electron chi connectivity index (χ1n) is 12.4. The van der Waals surface area contributed by atoms with Crippen LogP contribution in [0.4, 0.5) is 0 Å². The Labute approximate surface area is 208 Å². The van der Waals surface area contributed by atoms with Crippen LogP contribution in [0.1, 0.15) is 48.5 Å². The number of hydrogen-bond donors (Lipinski definition) is 1. The normalized spacial score (nSPS) is 12.5. The van der Waals surface area contributed by atoms with Gasteiger partial charge >= 0.3 is 11.9 Å². The average molecular weight is 474 g/mol. The summed E-state index contributed by atoms with van der Waals surface area (Å²) in [6, 6.07) is 27.4. The predicted octanol–water partition coefficient (Wildman–Crippen LogP) is 5.82. The highest BCUT2D eigenvalue weighted by Gasteiger charge is 2.32. The van der Waals surface area contributed by atoms with Gasteiger partial charge in [0.2, 0.25) is 0 Å². The molecule has 2 N–H and O–H groups in total. The first-order chi connectivity index (χ1) is 17.1. The van der Waals surface area contributed by atoms with E-state index in [1.807, 2.05) is 31.2 Å². The Kier molecular flexibility index (Phi) is 10.5. The van der Waals surface area contributed by atoms with Gasteiger partial charge in [0.05, 0.1) is 18.1 Å². The highest BCUT2D eigenvalue weighted by molar-refractivity contribution is 5.89. The summed E-state index contributed by atoms with van der Waals surface area (Å²) < 4.78 is 11.4. The van der Waals surface area contributed by atoms with E-state index in [0.29, 0.717) is 38.0 Å². The molecule has 184 valence electrons. The zero-order valence-corrected chi connectivity index (χ0v) is 20.4. The Bertz CT molecular complexity index is 1030. The van der Waals surface area contributed by atoms with Crippen molar-refractivity contribution in [2.24, 2.45) is 11.7 Å². The summed E-state index contributed by atoms with van der Waals surface area (Å²) >= 11 is 0. The molecule has 0 fully saturated rings. The summed E-state index contributed by atoms with van der Waals surface area (Å²) in [5.41, 5.74) is 9.69. The minimum atomic E-state index is -0.630. The molecule has 0 aliphatic rings. The molecule has 0 bridgehead atoms. The van der Waals surface area contributed by atoms with Crippen molar-refractivity contribution in [2.45, 2.75) is 45.1 Å². The molecular formula is C30H35NO4. The summed E-state index contributed by atoms with van der Waals surface area (Å²) in [6.45, 7) is 2.70. The van der Waals surface area contributed by atoms with Crippen molar-refractivity contribution < 1.29 is 19.1 Å². The number of rotatable bonds is 13. The van der Waals surface area contributed by atoms with E-state index in [1.54, 1.807) is 24.3 Å². The molecule has 35 heavy (non-hydrogen) atoms. The van der Waals surface area contributed by atoms with Gasteiger partial charge in [-0.1, -0.05) is 86.1 Å². The Balaban J connectivity index is 1.74. The van der Waals surface area contributed by atoms with Gasteiger partial charge in [-0.3, -0.25) is 4.79 Å². The summed E-state index contributed by atoms with van der Waals surface area (Å²) in [6.07, 6.45) is 2.64. The van der Waals surface area contributed by atoms with E-state index in [2.05, 4.69) is 36.4 Å². The van der Waals surface area contributed by atoms with E-state index in [0.717, 1.165) is 29.5 Å². The second kappa shape index (κ2) is 14.1. The second-order valence-corrected chi connectivity index (χ2v) is 8.62. The summed E-state index contributed by atoms with van der Waals surface area (Å²) in [5, 5.41) is 0. The van der Waals surface area contributed by atoms with Crippen LogP contribution in [0.2, 0.25) is 0 Å². The van der Waals surface area contributed by atoms with E-state index < -0.39 is 18.0 Å². The summed E-state index contributed by atoms with van der Waals surface area (Å²) in [4.78, 5) is 25.8. The van der Waals surface area contributed by atoms with Crippen LogP contribution in [0, 0.1) is 5.92 Å². The number of unbranched alkanes of at least 4 members (excludes halogenated alkanes) is 1.